The monoisotopic (exact) mass is 189 g/mol. The van der Waals surface area contributed by atoms with Gasteiger partial charge in [-0.2, -0.15) is 5.10 Å². The van der Waals surface area contributed by atoms with Crippen molar-refractivity contribution in [3.05, 3.63) is 18.5 Å². The SMILES string of the molecule is CC(CNCC(F)F)n1cccn1. The van der Waals surface area contributed by atoms with Crippen molar-refractivity contribution in [2.45, 2.75) is 19.4 Å². The number of aromatic nitrogens is 2. The molecule has 0 aliphatic heterocycles. The minimum absolute atomic E-state index is 0.105. The molecule has 1 aromatic heterocycles. The zero-order chi connectivity index (χ0) is 9.68. The van der Waals surface area contributed by atoms with Gasteiger partial charge in [0.1, 0.15) is 0 Å². The van der Waals surface area contributed by atoms with E-state index >= 15 is 0 Å². The molecule has 0 aromatic carbocycles. The molecule has 1 atom stereocenters. The average Bonchev–Trinajstić information content (AvgIpc) is 2.55. The maximum atomic E-state index is 11.7. The molecule has 5 heteroatoms. The van der Waals surface area contributed by atoms with Crippen molar-refractivity contribution in [1.82, 2.24) is 15.1 Å². The van der Waals surface area contributed by atoms with Gasteiger partial charge < -0.3 is 5.32 Å². The Labute approximate surface area is 75.7 Å². The first-order valence-electron chi connectivity index (χ1n) is 4.18. The molecule has 1 unspecified atom stereocenters. The van der Waals surface area contributed by atoms with Crippen LogP contribution in [0, 0.1) is 0 Å². The van der Waals surface area contributed by atoms with Gasteiger partial charge in [-0.3, -0.25) is 4.68 Å². The third-order valence-electron chi connectivity index (χ3n) is 1.71. The summed E-state index contributed by atoms with van der Waals surface area (Å²) in [5.41, 5.74) is 0. The van der Waals surface area contributed by atoms with Crippen LogP contribution in [0.4, 0.5) is 8.78 Å². The van der Waals surface area contributed by atoms with Gasteiger partial charge >= 0.3 is 0 Å². The zero-order valence-electron chi connectivity index (χ0n) is 7.45. The number of rotatable bonds is 5. The summed E-state index contributed by atoms with van der Waals surface area (Å²) in [6.07, 6.45) is 1.20. The normalized spacial score (nSPS) is 13.5. The summed E-state index contributed by atoms with van der Waals surface area (Å²) in [5.74, 6) is 0. The van der Waals surface area contributed by atoms with Crippen LogP contribution in [0.1, 0.15) is 13.0 Å². The highest BCUT2D eigenvalue weighted by Crippen LogP contribution is 2.00. The molecule has 13 heavy (non-hydrogen) atoms. The minimum Gasteiger partial charge on any atom is -0.309 e. The summed E-state index contributed by atoms with van der Waals surface area (Å²) < 4.78 is 25.2. The minimum atomic E-state index is -2.29. The predicted octanol–water partition coefficient (Wildman–Crippen LogP) is 1.30. The fraction of sp³-hybridized carbons (Fsp3) is 0.625. The Morgan fingerprint density at radius 3 is 2.77 bits per heavy atom. The second-order valence-electron chi connectivity index (χ2n) is 2.88. The van der Waals surface area contributed by atoms with E-state index in [-0.39, 0.29) is 12.6 Å². The van der Waals surface area contributed by atoms with Gasteiger partial charge in [0.2, 0.25) is 0 Å². The van der Waals surface area contributed by atoms with E-state index in [1.807, 2.05) is 19.2 Å². The number of alkyl halides is 2. The molecule has 1 aromatic rings. The van der Waals surface area contributed by atoms with Gasteiger partial charge in [0.25, 0.3) is 6.43 Å². The molecule has 74 valence electrons. The summed E-state index contributed by atoms with van der Waals surface area (Å²) >= 11 is 0. The lowest BCUT2D eigenvalue weighted by atomic mass is 10.3. The van der Waals surface area contributed by atoms with E-state index in [2.05, 4.69) is 10.4 Å². The van der Waals surface area contributed by atoms with Crippen molar-refractivity contribution in [2.24, 2.45) is 0 Å². The summed E-state index contributed by atoms with van der Waals surface area (Å²) in [6.45, 7) is 2.17. The van der Waals surface area contributed by atoms with E-state index in [0.717, 1.165) is 0 Å². The molecule has 1 N–H and O–H groups in total. The van der Waals surface area contributed by atoms with Gasteiger partial charge in [-0.05, 0) is 13.0 Å². The molecule has 0 bridgehead atoms. The van der Waals surface area contributed by atoms with Crippen molar-refractivity contribution in [3.63, 3.8) is 0 Å². The molecule has 0 aliphatic carbocycles. The first kappa shape index (κ1) is 10.1. The molecule has 1 heterocycles. The number of halogens is 2. The van der Waals surface area contributed by atoms with E-state index in [1.54, 1.807) is 10.9 Å². The Kier molecular flexibility index (Phi) is 3.82. The summed E-state index contributed by atoms with van der Waals surface area (Å²) in [7, 11) is 0. The number of hydrogen-bond acceptors (Lipinski definition) is 2. The smallest absolute Gasteiger partial charge is 0.250 e. The molecule has 0 saturated carbocycles. The largest absolute Gasteiger partial charge is 0.309 e. The quantitative estimate of drug-likeness (QED) is 0.756. The van der Waals surface area contributed by atoms with Crippen molar-refractivity contribution >= 4 is 0 Å². The molecule has 0 saturated heterocycles. The van der Waals surface area contributed by atoms with E-state index in [4.69, 9.17) is 0 Å². The Balaban J connectivity index is 2.22. The van der Waals surface area contributed by atoms with Crippen LogP contribution < -0.4 is 5.32 Å². The third-order valence-corrected chi connectivity index (χ3v) is 1.71. The lowest BCUT2D eigenvalue weighted by molar-refractivity contribution is 0.144. The first-order chi connectivity index (χ1) is 6.20. The molecule has 0 spiro atoms. The van der Waals surface area contributed by atoms with Gasteiger partial charge in [-0.1, -0.05) is 0 Å². The zero-order valence-corrected chi connectivity index (χ0v) is 7.45. The van der Waals surface area contributed by atoms with Gasteiger partial charge in [-0.25, -0.2) is 8.78 Å². The second kappa shape index (κ2) is 4.91. The van der Waals surface area contributed by atoms with Crippen molar-refractivity contribution < 1.29 is 8.78 Å². The van der Waals surface area contributed by atoms with Crippen LogP contribution in [0.3, 0.4) is 0 Å². The van der Waals surface area contributed by atoms with Crippen LogP contribution in [-0.4, -0.2) is 29.3 Å². The van der Waals surface area contributed by atoms with Crippen LogP contribution in [-0.2, 0) is 0 Å². The van der Waals surface area contributed by atoms with Crippen LogP contribution in [0.15, 0.2) is 18.5 Å². The number of nitrogens with one attached hydrogen (secondary N) is 1. The third kappa shape index (κ3) is 3.50. The Morgan fingerprint density at radius 1 is 1.46 bits per heavy atom. The van der Waals surface area contributed by atoms with E-state index in [1.165, 1.54) is 0 Å². The first-order valence-corrected chi connectivity index (χ1v) is 4.18. The van der Waals surface area contributed by atoms with Crippen LogP contribution in [0.25, 0.3) is 0 Å². The molecule has 0 fully saturated rings. The van der Waals surface area contributed by atoms with Crippen LogP contribution >= 0.6 is 0 Å². The average molecular weight is 189 g/mol. The highest BCUT2D eigenvalue weighted by Gasteiger charge is 2.05. The lowest BCUT2D eigenvalue weighted by Gasteiger charge is -2.12. The van der Waals surface area contributed by atoms with Crippen molar-refractivity contribution in [3.8, 4) is 0 Å². The van der Waals surface area contributed by atoms with Crippen LogP contribution in [0.2, 0.25) is 0 Å². The molecule has 0 amide bonds. The molecule has 1 rings (SSSR count). The maximum absolute atomic E-state index is 11.7. The highest BCUT2D eigenvalue weighted by atomic mass is 19.3. The predicted molar refractivity (Wildman–Crippen MR) is 45.8 cm³/mol. The molecular formula is C8H13F2N3. The van der Waals surface area contributed by atoms with E-state index in [0.29, 0.717) is 6.54 Å². The van der Waals surface area contributed by atoms with Gasteiger partial charge in [0.15, 0.2) is 0 Å². The Morgan fingerprint density at radius 2 is 2.23 bits per heavy atom. The summed E-state index contributed by atoms with van der Waals surface area (Å²) in [4.78, 5) is 0. The van der Waals surface area contributed by atoms with Gasteiger partial charge in [0.05, 0.1) is 12.6 Å². The van der Waals surface area contributed by atoms with Crippen LogP contribution in [0.5, 0.6) is 0 Å². The maximum Gasteiger partial charge on any atom is 0.250 e. The van der Waals surface area contributed by atoms with E-state index in [9.17, 15) is 8.78 Å². The Hall–Kier alpha value is -0.970. The molecule has 3 nitrogen and oxygen atoms in total. The fourth-order valence-electron chi connectivity index (χ4n) is 1.04. The van der Waals surface area contributed by atoms with Crippen molar-refractivity contribution in [2.75, 3.05) is 13.1 Å². The van der Waals surface area contributed by atoms with Gasteiger partial charge in [0, 0.05) is 18.9 Å². The Bertz CT molecular complexity index is 223. The summed E-state index contributed by atoms with van der Waals surface area (Å²) in [5, 5.41) is 6.67. The summed E-state index contributed by atoms with van der Waals surface area (Å²) in [6, 6.07) is 1.91. The second-order valence-corrected chi connectivity index (χ2v) is 2.88. The topological polar surface area (TPSA) is 29.9 Å². The fourth-order valence-corrected chi connectivity index (χ4v) is 1.04. The lowest BCUT2D eigenvalue weighted by Crippen LogP contribution is -2.28. The molecule has 0 radical (unpaired) electrons. The van der Waals surface area contributed by atoms with Crippen molar-refractivity contribution in [1.29, 1.82) is 0 Å². The standard InChI is InChI=1S/C8H13F2N3/c1-7(5-11-6-8(9)10)13-4-2-3-12-13/h2-4,7-8,11H,5-6H2,1H3. The highest BCUT2D eigenvalue weighted by molar-refractivity contribution is 4.80. The molecule has 0 aliphatic rings. The van der Waals surface area contributed by atoms with E-state index < -0.39 is 6.43 Å². The number of hydrogen-bond donors (Lipinski definition) is 1. The number of nitrogens with zero attached hydrogens (tertiary/aromatic N) is 2. The molecular weight excluding hydrogens is 176 g/mol. The van der Waals surface area contributed by atoms with Gasteiger partial charge in [-0.15, -0.1) is 0 Å².